The first-order valence-corrected chi connectivity index (χ1v) is 7.89. The maximum Gasteiger partial charge on any atom is 0.0558 e. The third-order valence-corrected chi connectivity index (χ3v) is 3.28. The average molecular weight is 288 g/mol. The molecule has 0 aromatic rings. The van der Waals surface area contributed by atoms with Crippen molar-refractivity contribution >= 4 is 0 Å². The lowest BCUT2D eigenvalue weighted by Crippen LogP contribution is -2.32. The van der Waals surface area contributed by atoms with Crippen molar-refractivity contribution in [2.45, 2.75) is 19.3 Å². The highest BCUT2D eigenvalue weighted by Crippen LogP contribution is 1.95. The molecule has 0 rings (SSSR count). The van der Waals surface area contributed by atoms with Gasteiger partial charge in [0.2, 0.25) is 0 Å². The number of hydrogen-bond acceptors (Lipinski definition) is 5. The molecule has 20 heavy (non-hydrogen) atoms. The number of hydrogen-bond donors (Lipinski definition) is 2. The van der Waals surface area contributed by atoms with E-state index in [1.54, 1.807) is 0 Å². The number of nitrogens with one attached hydrogen (secondary N) is 1. The molecular formula is C15H36N4O. The third kappa shape index (κ3) is 14.2. The maximum absolute atomic E-state index is 9.10. The van der Waals surface area contributed by atoms with Crippen LogP contribution in [0.1, 0.15) is 19.3 Å². The summed E-state index contributed by atoms with van der Waals surface area (Å²) < 4.78 is 0. The van der Waals surface area contributed by atoms with Crippen LogP contribution in [-0.2, 0) is 0 Å². The second-order valence-corrected chi connectivity index (χ2v) is 5.98. The van der Waals surface area contributed by atoms with E-state index in [4.69, 9.17) is 5.11 Å². The Kier molecular flexibility index (Phi) is 13.6. The molecule has 0 aliphatic carbocycles. The van der Waals surface area contributed by atoms with Crippen LogP contribution in [0.4, 0.5) is 0 Å². The molecule has 0 aliphatic heterocycles. The fourth-order valence-corrected chi connectivity index (χ4v) is 2.16. The predicted molar refractivity (Wildman–Crippen MR) is 87.4 cm³/mol. The highest BCUT2D eigenvalue weighted by molar-refractivity contribution is 4.60. The van der Waals surface area contributed by atoms with E-state index in [-0.39, 0.29) is 6.61 Å². The van der Waals surface area contributed by atoms with Gasteiger partial charge in [-0.1, -0.05) is 0 Å². The Hall–Kier alpha value is -0.200. The second-order valence-electron chi connectivity index (χ2n) is 5.98. The third-order valence-electron chi connectivity index (χ3n) is 3.28. The number of nitrogens with zero attached hydrogens (tertiary/aromatic N) is 3. The molecule has 0 heterocycles. The van der Waals surface area contributed by atoms with Crippen LogP contribution in [0.5, 0.6) is 0 Å². The molecule has 0 saturated carbocycles. The minimum Gasteiger partial charge on any atom is -0.395 e. The highest BCUT2D eigenvalue weighted by Gasteiger charge is 2.04. The Morgan fingerprint density at radius 3 is 1.75 bits per heavy atom. The Morgan fingerprint density at radius 1 is 0.700 bits per heavy atom. The van der Waals surface area contributed by atoms with Crippen LogP contribution in [0.2, 0.25) is 0 Å². The van der Waals surface area contributed by atoms with Crippen molar-refractivity contribution < 1.29 is 5.11 Å². The van der Waals surface area contributed by atoms with E-state index in [0.29, 0.717) is 0 Å². The van der Waals surface area contributed by atoms with Crippen molar-refractivity contribution in [3.05, 3.63) is 0 Å². The summed E-state index contributed by atoms with van der Waals surface area (Å²) >= 11 is 0. The molecule has 0 radical (unpaired) electrons. The summed E-state index contributed by atoms with van der Waals surface area (Å²) in [4.78, 5) is 6.80. The quantitative estimate of drug-likeness (QED) is 0.446. The van der Waals surface area contributed by atoms with Gasteiger partial charge in [-0.15, -0.1) is 0 Å². The molecule has 5 nitrogen and oxygen atoms in total. The van der Waals surface area contributed by atoms with E-state index in [1.807, 2.05) is 0 Å². The summed E-state index contributed by atoms with van der Waals surface area (Å²) in [7, 11) is 8.43. The minimum atomic E-state index is 0.262. The van der Waals surface area contributed by atoms with Crippen LogP contribution >= 0.6 is 0 Å². The fourth-order valence-electron chi connectivity index (χ4n) is 2.16. The van der Waals surface area contributed by atoms with Crippen LogP contribution < -0.4 is 5.32 Å². The Morgan fingerprint density at radius 2 is 1.20 bits per heavy atom. The molecule has 5 heteroatoms. The summed E-state index contributed by atoms with van der Waals surface area (Å²) in [6, 6.07) is 0. The number of rotatable bonds is 14. The van der Waals surface area contributed by atoms with Crippen LogP contribution in [0.3, 0.4) is 0 Å². The second kappa shape index (κ2) is 13.8. The SMILES string of the molecule is CN(C)CCCNCCCN(CCO)CCCN(C)C. The van der Waals surface area contributed by atoms with Gasteiger partial charge in [0, 0.05) is 6.54 Å². The summed E-state index contributed by atoms with van der Waals surface area (Å²) in [5.74, 6) is 0. The largest absolute Gasteiger partial charge is 0.395 e. The monoisotopic (exact) mass is 288 g/mol. The van der Waals surface area contributed by atoms with Crippen molar-refractivity contribution in [1.29, 1.82) is 0 Å². The van der Waals surface area contributed by atoms with Gasteiger partial charge >= 0.3 is 0 Å². The topological polar surface area (TPSA) is 42.0 Å². The normalized spacial score (nSPS) is 12.0. The molecule has 0 aromatic carbocycles. The molecule has 2 N–H and O–H groups in total. The van der Waals surface area contributed by atoms with Gasteiger partial charge in [-0.05, 0) is 86.7 Å². The molecule has 0 atom stereocenters. The zero-order valence-electron chi connectivity index (χ0n) is 14.1. The summed E-state index contributed by atoms with van der Waals surface area (Å²) in [5.41, 5.74) is 0. The van der Waals surface area contributed by atoms with Crippen molar-refractivity contribution in [3.63, 3.8) is 0 Å². The maximum atomic E-state index is 9.10. The zero-order valence-corrected chi connectivity index (χ0v) is 14.1. The van der Waals surface area contributed by atoms with Gasteiger partial charge in [0.05, 0.1) is 6.61 Å². The first-order valence-electron chi connectivity index (χ1n) is 7.89. The Balaban J connectivity index is 3.49. The Labute approximate surface area is 125 Å². The van der Waals surface area contributed by atoms with Crippen molar-refractivity contribution in [1.82, 2.24) is 20.0 Å². The van der Waals surface area contributed by atoms with Crippen LogP contribution in [0.15, 0.2) is 0 Å². The van der Waals surface area contributed by atoms with Gasteiger partial charge < -0.3 is 25.1 Å². The van der Waals surface area contributed by atoms with Crippen LogP contribution in [0.25, 0.3) is 0 Å². The van der Waals surface area contributed by atoms with Crippen molar-refractivity contribution in [2.24, 2.45) is 0 Å². The van der Waals surface area contributed by atoms with Crippen molar-refractivity contribution in [2.75, 3.05) is 80.6 Å². The summed E-state index contributed by atoms with van der Waals surface area (Å²) in [6.07, 6.45) is 3.53. The molecule has 0 amide bonds. The molecule has 0 saturated heterocycles. The van der Waals surface area contributed by atoms with E-state index >= 15 is 0 Å². The van der Waals surface area contributed by atoms with Gasteiger partial charge in [0.15, 0.2) is 0 Å². The lowest BCUT2D eigenvalue weighted by atomic mass is 10.3. The van der Waals surface area contributed by atoms with Gasteiger partial charge in [0.1, 0.15) is 0 Å². The number of aliphatic hydroxyl groups excluding tert-OH is 1. The van der Waals surface area contributed by atoms with Gasteiger partial charge in [-0.2, -0.15) is 0 Å². The highest BCUT2D eigenvalue weighted by atomic mass is 16.3. The molecule has 0 fully saturated rings. The van der Waals surface area contributed by atoms with E-state index in [2.05, 4.69) is 48.2 Å². The molecular weight excluding hydrogens is 252 g/mol. The summed E-state index contributed by atoms with van der Waals surface area (Å²) in [6.45, 7) is 7.65. The predicted octanol–water partition coefficient (Wildman–Crippen LogP) is 0.164. The van der Waals surface area contributed by atoms with Crippen molar-refractivity contribution in [3.8, 4) is 0 Å². The molecule has 0 spiro atoms. The molecule has 0 bridgehead atoms. The van der Waals surface area contributed by atoms with Crippen LogP contribution in [-0.4, -0.2) is 100 Å². The number of aliphatic hydroxyl groups is 1. The lowest BCUT2D eigenvalue weighted by Gasteiger charge is -2.22. The standard InChI is InChI=1S/C15H36N4O/c1-17(2)10-5-8-16-9-6-12-19(14-15-20)13-7-11-18(3)4/h16,20H,5-15H2,1-4H3. The molecule has 0 aliphatic rings. The molecule has 122 valence electrons. The average Bonchev–Trinajstić information content (AvgIpc) is 2.36. The Bertz CT molecular complexity index is 200. The summed E-state index contributed by atoms with van der Waals surface area (Å²) in [5, 5.41) is 12.6. The van der Waals surface area contributed by atoms with E-state index in [1.165, 1.54) is 12.8 Å². The smallest absolute Gasteiger partial charge is 0.0558 e. The van der Waals surface area contributed by atoms with Crippen LogP contribution in [0, 0.1) is 0 Å². The first kappa shape index (κ1) is 19.8. The van der Waals surface area contributed by atoms with Gasteiger partial charge in [-0.25, -0.2) is 0 Å². The first-order chi connectivity index (χ1) is 9.56. The lowest BCUT2D eigenvalue weighted by molar-refractivity contribution is 0.188. The molecule has 0 aromatic heterocycles. The van der Waals surface area contributed by atoms with E-state index < -0.39 is 0 Å². The molecule has 0 unspecified atom stereocenters. The van der Waals surface area contributed by atoms with E-state index in [9.17, 15) is 0 Å². The van der Waals surface area contributed by atoms with Gasteiger partial charge in [-0.3, -0.25) is 0 Å². The van der Waals surface area contributed by atoms with E-state index in [0.717, 1.165) is 52.2 Å². The minimum absolute atomic E-state index is 0.262. The zero-order chi connectivity index (χ0) is 15.2. The fraction of sp³-hybridized carbons (Fsp3) is 1.00. The van der Waals surface area contributed by atoms with Gasteiger partial charge in [0.25, 0.3) is 0 Å².